The Kier molecular flexibility index (Phi) is 9.34. The maximum absolute atomic E-state index is 13.8. The van der Waals surface area contributed by atoms with Crippen molar-refractivity contribution in [2.45, 2.75) is 59.2 Å². The smallest absolute Gasteiger partial charge is 0.261 e. The molecule has 0 heterocycles. The Bertz CT molecular complexity index is 1200. The first-order chi connectivity index (χ1) is 17.6. The number of nitrogens with one attached hydrogen (secondary N) is 1. The van der Waals surface area contributed by atoms with Crippen LogP contribution in [0.5, 0.6) is 11.5 Å². The molecule has 0 aromatic heterocycles. The summed E-state index contributed by atoms with van der Waals surface area (Å²) in [7, 11) is 1.61. The van der Waals surface area contributed by atoms with Gasteiger partial charge in [-0.1, -0.05) is 54.6 Å². The van der Waals surface area contributed by atoms with E-state index < -0.39 is 11.6 Å². The molecule has 0 aliphatic rings. The van der Waals surface area contributed by atoms with Crippen molar-refractivity contribution >= 4 is 11.8 Å². The monoisotopic (exact) mass is 502 g/mol. The molecule has 196 valence electrons. The molecule has 0 saturated heterocycles. The molecule has 3 aromatic rings. The molecule has 0 aliphatic carbocycles. The summed E-state index contributed by atoms with van der Waals surface area (Å²) >= 11 is 0. The average molecular weight is 503 g/mol. The molecule has 6 nitrogen and oxygen atoms in total. The van der Waals surface area contributed by atoms with Crippen molar-refractivity contribution in [3.8, 4) is 11.5 Å². The van der Waals surface area contributed by atoms with E-state index in [0.29, 0.717) is 17.9 Å². The molecule has 0 saturated carbocycles. The van der Waals surface area contributed by atoms with Crippen molar-refractivity contribution in [1.29, 1.82) is 0 Å². The lowest BCUT2D eigenvalue weighted by Crippen LogP contribution is -2.55. The van der Waals surface area contributed by atoms with E-state index in [-0.39, 0.29) is 25.0 Å². The molecule has 1 atom stereocenters. The van der Waals surface area contributed by atoms with Gasteiger partial charge in [0.15, 0.2) is 6.61 Å². The summed E-state index contributed by atoms with van der Waals surface area (Å²) in [6.07, 6.45) is 0.377. The summed E-state index contributed by atoms with van der Waals surface area (Å²) in [5, 5.41) is 3.08. The minimum atomic E-state index is -0.734. The van der Waals surface area contributed by atoms with Crippen molar-refractivity contribution in [3.05, 3.63) is 95.1 Å². The fourth-order valence-corrected chi connectivity index (χ4v) is 4.06. The van der Waals surface area contributed by atoms with Gasteiger partial charge in [0.25, 0.3) is 5.91 Å². The molecule has 3 rings (SSSR count). The number of hydrogen-bond donors (Lipinski definition) is 1. The van der Waals surface area contributed by atoms with E-state index in [1.807, 2.05) is 107 Å². The van der Waals surface area contributed by atoms with Crippen molar-refractivity contribution < 1.29 is 19.1 Å². The van der Waals surface area contributed by atoms with Crippen molar-refractivity contribution in [2.24, 2.45) is 0 Å². The minimum Gasteiger partial charge on any atom is -0.497 e. The van der Waals surface area contributed by atoms with E-state index in [1.54, 1.807) is 12.0 Å². The van der Waals surface area contributed by atoms with Crippen LogP contribution in [0.25, 0.3) is 0 Å². The van der Waals surface area contributed by atoms with Gasteiger partial charge < -0.3 is 19.7 Å². The van der Waals surface area contributed by atoms with Crippen LogP contribution < -0.4 is 14.8 Å². The number of carbonyl (C=O) groups excluding carboxylic acids is 2. The summed E-state index contributed by atoms with van der Waals surface area (Å²) in [6, 6.07) is 22.5. The summed E-state index contributed by atoms with van der Waals surface area (Å²) in [6.45, 7) is 9.79. The van der Waals surface area contributed by atoms with Gasteiger partial charge in [-0.05, 0) is 75.1 Å². The van der Waals surface area contributed by atoms with Gasteiger partial charge in [0, 0.05) is 18.5 Å². The van der Waals surface area contributed by atoms with E-state index in [0.717, 1.165) is 22.3 Å². The Morgan fingerprint density at radius 3 is 2.30 bits per heavy atom. The van der Waals surface area contributed by atoms with Crippen LogP contribution in [0.4, 0.5) is 0 Å². The summed E-state index contributed by atoms with van der Waals surface area (Å²) < 4.78 is 11.4. The maximum Gasteiger partial charge on any atom is 0.261 e. The Labute approximate surface area is 220 Å². The SMILES string of the molecule is COc1cccc(CN(C(=O)COc2cc(C)ccc2C)[C@H](Cc2ccccc2)C(=O)NC(C)(C)C)c1. The minimum absolute atomic E-state index is 0.178. The van der Waals surface area contributed by atoms with Crippen LogP contribution in [0.2, 0.25) is 0 Å². The normalized spacial score (nSPS) is 11.9. The number of hydrogen-bond acceptors (Lipinski definition) is 4. The van der Waals surface area contributed by atoms with E-state index in [4.69, 9.17) is 9.47 Å². The number of aryl methyl sites for hydroxylation is 2. The lowest BCUT2D eigenvalue weighted by Gasteiger charge is -2.34. The van der Waals surface area contributed by atoms with Gasteiger partial charge in [-0.2, -0.15) is 0 Å². The molecule has 0 spiro atoms. The zero-order valence-corrected chi connectivity index (χ0v) is 22.7. The number of benzene rings is 3. The highest BCUT2D eigenvalue weighted by Crippen LogP contribution is 2.22. The highest BCUT2D eigenvalue weighted by Gasteiger charge is 2.32. The van der Waals surface area contributed by atoms with Crippen LogP contribution in [-0.2, 0) is 22.6 Å². The van der Waals surface area contributed by atoms with E-state index >= 15 is 0 Å². The van der Waals surface area contributed by atoms with Gasteiger partial charge in [0.2, 0.25) is 5.91 Å². The molecule has 0 aliphatic heterocycles. The number of carbonyl (C=O) groups is 2. The van der Waals surface area contributed by atoms with E-state index in [2.05, 4.69) is 5.32 Å². The van der Waals surface area contributed by atoms with Gasteiger partial charge in [0.1, 0.15) is 17.5 Å². The van der Waals surface area contributed by atoms with Gasteiger partial charge in [-0.15, -0.1) is 0 Å². The predicted octanol–water partition coefficient (Wildman–Crippen LogP) is 5.25. The molecule has 1 N–H and O–H groups in total. The largest absolute Gasteiger partial charge is 0.497 e. The third kappa shape index (κ3) is 8.38. The van der Waals surface area contributed by atoms with Crippen LogP contribution in [0.15, 0.2) is 72.8 Å². The van der Waals surface area contributed by atoms with E-state index in [1.165, 1.54) is 0 Å². The van der Waals surface area contributed by atoms with Crippen molar-refractivity contribution in [1.82, 2.24) is 10.2 Å². The van der Waals surface area contributed by atoms with Gasteiger partial charge in [-0.3, -0.25) is 9.59 Å². The molecule has 0 fully saturated rings. The zero-order chi connectivity index (χ0) is 27.0. The third-order valence-electron chi connectivity index (χ3n) is 5.95. The summed E-state index contributed by atoms with van der Waals surface area (Å²) in [5.74, 6) is 0.872. The Morgan fingerprint density at radius 1 is 0.919 bits per heavy atom. The highest BCUT2D eigenvalue weighted by molar-refractivity contribution is 5.89. The average Bonchev–Trinajstić information content (AvgIpc) is 2.86. The molecular weight excluding hydrogens is 464 g/mol. The Hall–Kier alpha value is -3.80. The van der Waals surface area contributed by atoms with Crippen LogP contribution in [0, 0.1) is 13.8 Å². The van der Waals surface area contributed by atoms with Crippen LogP contribution >= 0.6 is 0 Å². The molecule has 0 bridgehead atoms. The molecule has 6 heteroatoms. The third-order valence-corrected chi connectivity index (χ3v) is 5.95. The first kappa shape index (κ1) is 27.8. The fraction of sp³-hybridized carbons (Fsp3) is 0.355. The second-order valence-corrected chi connectivity index (χ2v) is 10.4. The summed E-state index contributed by atoms with van der Waals surface area (Å²) in [4.78, 5) is 29.0. The Morgan fingerprint density at radius 2 is 1.62 bits per heavy atom. The quantitative estimate of drug-likeness (QED) is 0.411. The first-order valence-corrected chi connectivity index (χ1v) is 12.5. The van der Waals surface area contributed by atoms with Crippen LogP contribution in [0.3, 0.4) is 0 Å². The highest BCUT2D eigenvalue weighted by atomic mass is 16.5. The number of amides is 2. The molecule has 37 heavy (non-hydrogen) atoms. The fourth-order valence-electron chi connectivity index (χ4n) is 4.06. The van der Waals surface area contributed by atoms with Crippen LogP contribution in [-0.4, -0.2) is 42.0 Å². The molecule has 0 unspecified atom stereocenters. The summed E-state index contributed by atoms with van der Waals surface area (Å²) in [5.41, 5.74) is 3.37. The molecule has 0 radical (unpaired) electrons. The van der Waals surface area contributed by atoms with Crippen molar-refractivity contribution in [3.63, 3.8) is 0 Å². The zero-order valence-electron chi connectivity index (χ0n) is 22.7. The second kappa shape index (κ2) is 12.4. The maximum atomic E-state index is 13.8. The van der Waals surface area contributed by atoms with E-state index in [9.17, 15) is 9.59 Å². The van der Waals surface area contributed by atoms with Crippen molar-refractivity contribution in [2.75, 3.05) is 13.7 Å². The lowest BCUT2D eigenvalue weighted by molar-refractivity contribution is -0.143. The van der Waals surface area contributed by atoms with Gasteiger partial charge in [0.05, 0.1) is 7.11 Å². The van der Waals surface area contributed by atoms with Gasteiger partial charge >= 0.3 is 0 Å². The number of rotatable bonds is 10. The topological polar surface area (TPSA) is 67.9 Å². The second-order valence-electron chi connectivity index (χ2n) is 10.4. The molecular formula is C31H38N2O4. The Balaban J connectivity index is 1.96. The predicted molar refractivity (Wildman–Crippen MR) is 147 cm³/mol. The standard InChI is InChI=1S/C31H38N2O4/c1-22-15-16-23(2)28(17-22)37-21-29(34)33(20-25-13-10-14-26(18-25)36-6)27(30(35)32-31(3,4)5)19-24-11-8-7-9-12-24/h7-18,27H,19-21H2,1-6H3,(H,32,35)/t27-/m1/s1. The molecule has 3 aromatic carbocycles. The first-order valence-electron chi connectivity index (χ1n) is 12.5. The lowest BCUT2D eigenvalue weighted by atomic mass is 10.0. The number of ether oxygens (including phenoxy) is 2. The van der Waals surface area contributed by atoms with Crippen LogP contribution in [0.1, 0.15) is 43.0 Å². The van der Waals surface area contributed by atoms with Gasteiger partial charge in [-0.25, -0.2) is 0 Å². The number of nitrogens with zero attached hydrogens (tertiary/aromatic N) is 1. The molecule has 2 amide bonds. The number of methoxy groups -OCH3 is 1.